The largest absolute Gasteiger partial charge is 0.490 e. The van der Waals surface area contributed by atoms with Gasteiger partial charge in [-0.25, -0.2) is 0 Å². The molecule has 0 heterocycles. The van der Waals surface area contributed by atoms with E-state index in [1.54, 1.807) is 0 Å². The summed E-state index contributed by atoms with van der Waals surface area (Å²) in [5, 5.41) is 0. The second kappa shape index (κ2) is 5.35. The van der Waals surface area contributed by atoms with Crippen molar-refractivity contribution < 1.29 is 9.53 Å². The third kappa shape index (κ3) is 3.09. The fraction of sp³-hybridized carbons (Fsp3) is 0.533. The number of carbonyl (C=O) groups is 1. The number of Topliss-reactive ketones (excluding diaryl/α,β-unsaturated/α-hetero) is 1. The quantitative estimate of drug-likeness (QED) is 0.721. The van der Waals surface area contributed by atoms with Crippen molar-refractivity contribution in [1.82, 2.24) is 0 Å². The summed E-state index contributed by atoms with van der Waals surface area (Å²) >= 11 is 0. The maximum Gasteiger partial charge on any atom is 0.166 e. The Balaban J connectivity index is 2.09. The van der Waals surface area contributed by atoms with Gasteiger partial charge < -0.3 is 4.74 Å². The molecule has 0 aromatic heterocycles. The molecule has 1 aromatic carbocycles. The Kier molecular flexibility index (Phi) is 3.82. The molecule has 2 rings (SSSR count). The Hall–Kier alpha value is -1.31. The van der Waals surface area contributed by atoms with Gasteiger partial charge in [-0.2, -0.15) is 0 Å². The molecule has 1 fully saturated rings. The first-order chi connectivity index (χ1) is 8.16. The standard InChI is InChI=1S/C15H20O2/c1-11(2)17-15-9-4-3-8-13(15)14(16)10-12-6-5-7-12/h3-4,8-9,11-12H,5-7,10H2,1-2H3. The number of para-hydroxylation sites is 1. The zero-order chi connectivity index (χ0) is 12.3. The number of ketones is 1. The Morgan fingerprint density at radius 1 is 1.35 bits per heavy atom. The third-order valence-electron chi connectivity index (χ3n) is 3.25. The minimum Gasteiger partial charge on any atom is -0.490 e. The van der Waals surface area contributed by atoms with Crippen LogP contribution in [0.25, 0.3) is 0 Å². The predicted octanol–water partition coefficient (Wildman–Crippen LogP) is 3.85. The van der Waals surface area contributed by atoms with E-state index in [-0.39, 0.29) is 11.9 Å². The average molecular weight is 232 g/mol. The molecule has 0 saturated heterocycles. The molecule has 1 aliphatic rings. The number of carbonyl (C=O) groups excluding carboxylic acids is 1. The highest BCUT2D eigenvalue weighted by Gasteiger charge is 2.23. The van der Waals surface area contributed by atoms with Crippen LogP contribution in [-0.2, 0) is 0 Å². The number of benzene rings is 1. The number of hydrogen-bond acceptors (Lipinski definition) is 2. The van der Waals surface area contributed by atoms with Crippen molar-refractivity contribution in [2.75, 3.05) is 0 Å². The molecule has 0 unspecified atom stereocenters. The molecule has 92 valence electrons. The Labute approximate surface area is 103 Å². The lowest BCUT2D eigenvalue weighted by molar-refractivity contribution is 0.0931. The molecule has 1 saturated carbocycles. The van der Waals surface area contributed by atoms with E-state index in [2.05, 4.69) is 0 Å². The second-order valence-corrected chi connectivity index (χ2v) is 5.09. The van der Waals surface area contributed by atoms with Crippen molar-refractivity contribution in [2.45, 2.75) is 45.6 Å². The SMILES string of the molecule is CC(C)Oc1ccccc1C(=O)CC1CCC1. The predicted molar refractivity (Wildman–Crippen MR) is 68.5 cm³/mol. The van der Waals surface area contributed by atoms with Crippen molar-refractivity contribution >= 4 is 5.78 Å². The molecule has 2 heteroatoms. The van der Waals surface area contributed by atoms with Gasteiger partial charge in [-0.05, 0) is 31.9 Å². The molecular weight excluding hydrogens is 212 g/mol. The normalized spacial score (nSPS) is 15.7. The number of hydrogen-bond donors (Lipinski definition) is 0. The molecule has 2 nitrogen and oxygen atoms in total. The molecular formula is C15H20O2. The minimum atomic E-state index is 0.104. The van der Waals surface area contributed by atoms with Crippen LogP contribution in [0.15, 0.2) is 24.3 Å². The summed E-state index contributed by atoms with van der Waals surface area (Å²) in [5.74, 6) is 1.56. The molecule has 0 atom stereocenters. The summed E-state index contributed by atoms with van der Waals surface area (Å²) in [6.45, 7) is 3.96. The van der Waals surface area contributed by atoms with Gasteiger partial charge in [0, 0.05) is 6.42 Å². The van der Waals surface area contributed by atoms with Gasteiger partial charge in [-0.15, -0.1) is 0 Å². The monoisotopic (exact) mass is 232 g/mol. The van der Waals surface area contributed by atoms with E-state index >= 15 is 0 Å². The first-order valence-corrected chi connectivity index (χ1v) is 6.45. The van der Waals surface area contributed by atoms with E-state index in [1.807, 2.05) is 38.1 Å². The van der Waals surface area contributed by atoms with Gasteiger partial charge in [0.15, 0.2) is 5.78 Å². The molecule has 0 aliphatic heterocycles. The average Bonchev–Trinajstić information content (AvgIpc) is 2.23. The van der Waals surface area contributed by atoms with E-state index in [9.17, 15) is 4.79 Å². The summed E-state index contributed by atoms with van der Waals surface area (Å²) in [5.41, 5.74) is 0.744. The van der Waals surface area contributed by atoms with Crippen LogP contribution in [0.3, 0.4) is 0 Å². The number of ether oxygens (including phenoxy) is 1. The van der Waals surface area contributed by atoms with Crippen LogP contribution >= 0.6 is 0 Å². The molecule has 0 bridgehead atoms. The first kappa shape index (κ1) is 12.2. The summed E-state index contributed by atoms with van der Waals surface area (Å²) in [4.78, 5) is 12.2. The fourth-order valence-corrected chi connectivity index (χ4v) is 2.12. The summed E-state index contributed by atoms with van der Waals surface area (Å²) in [6.07, 6.45) is 4.48. The van der Waals surface area contributed by atoms with E-state index < -0.39 is 0 Å². The molecule has 1 aromatic rings. The van der Waals surface area contributed by atoms with Crippen LogP contribution in [0, 0.1) is 5.92 Å². The van der Waals surface area contributed by atoms with Crippen LogP contribution in [0.1, 0.15) is 49.9 Å². The van der Waals surface area contributed by atoms with E-state index in [1.165, 1.54) is 19.3 Å². The van der Waals surface area contributed by atoms with Crippen molar-refractivity contribution in [3.63, 3.8) is 0 Å². The maximum atomic E-state index is 12.2. The second-order valence-electron chi connectivity index (χ2n) is 5.09. The molecule has 0 spiro atoms. The van der Waals surface area contributed by atoms with Crippen molar-refractivity contribution in [1.29, 1.82) is 0 Å². The van der Waals surface area contributed by atoms with E-state index in [0.29, 0.717) is 12.3 Å². The van der Waals surface area contributed by atoms with Gasteiger partial charge in [0.1, 0.15) is 5.75 Å². The Bertz CT molecular complexity index is 392. The van der Waals surface area contributed by atoms with Gasteiger partial charge in [0.05, 0.1) is 11.7 Å². The minimum absolute atomic E-state index is 0.104. The highest BCUT2D eigenvalue weighted by molar-refractivity contribution is 5.98. The van der Waals surface area contributed by atoms with Crippen molar-refractivity contribution in [3.05, 3.63) is 29.8 Å². The molecule has 17 heavy (non-hydrogen) atoms. The lowest BCUT2D eigenvalue weighted by Gasteiger charge is -2.24. The molecule has 1 aliphatic carbocycles. The Morgan fingerprint density at radius 3 is 2.65 bits per heavy atom. The molecule has 0 amide bonds. The molecule has 0 N–H and O–H groups in total. The fourth-order valence-electron chi connectivity index (χ4n) is 2.12. The lowest BCUT2D eigenvalue weighted by Crippen LogP contribution is -2.17. The maximum absolute atomic E-state index is 12.2. The highest BCUT2D eigenvalue weighted by Crippen LogP contribution is 2.32. The van der Waals surface area contributed by atoms with Crippen LogP contribution in [-0.4, -0.2) is 11.9 Å². The zero-order valence-electron chi connectivity index (χ0n) is 10.6. The van der Waals surface area contributed by atoms with Crippen LogP contribution in [0.5, 0.6) is 5.75 Å². The molecule has 0 radical (unpaired) electrons. The number of rotatable bonds is 5. The van der Waals surface area contributed by atoms with Crippen LogP contribution < -0.4 is 4.74 Å². The first-order valence-electron chi connectivity index (χ1n) is 6.45. The van der Waals surface area contributed by atoms with Crippen molar-refractivity contribution in [3.8, 4) is 5.75 Å². The zero-order valence-corrected chi connectivity index (χ0v) is 10.6. The smallest absolute Gasteiger partial charge is 0.166 e. The van der Waals surface area contributed by atoms with Gasteiger partial charge >= 0.3 is 0 Å². The van der Waals surface area contributed by atoms with Crippen LogP contribution in [0.2, 0.25) is 0 Å². The Morgan fingerprint density at radius 2 is 2.06 bits per heavy atom. The highest BCUT2D eigenvalue weighted by atomic mass is 16.5. The van der Waals surface area contributed by atoms with E-state index in [0.717, 1.165) is 11.3 Å². The summed E-state index contributed by atoms with van der Waals surface area (Å²) < 4.78 is 5.68. The summed E-state index contributed by atoms with van der Waals surface area (Å²) in [7, 11) is 0. The van der Waals surface area contributed by atoms with Gasteiger partial charge in [-0.1, -0.05) is 31.4 Å². The van der Waals surface area contributed by atoms with Gasteiger partial charge in [0.2, 0.25) is 0 Å². The third-order valence-corrected chi connectivity index (χ3v) is 3.25. The van der Waals surface area contributed by atoms with Gasteiger partial charge in [0.25, 0.3) is 0 Å². The topological polar surface area (TPSA) is 26.3 Å². The lowest BCUT2D eigenvalue weighted by atomic mass is 9.81. The van der Waals surface area contributed by atoms with Gasteiger partial charge in [-0.3, -0.25) is 4.79 Å². The van der Waals surface area contributed by atoms with Crippen molar-refractivity contribution in [2.24, 2.45) is 5.92 Å². The van der Waals surface area contributed by atoms with E-state index in [4.69, 9.17) is 4.74 Å². The summed E-state index contributed by atoms with van der Waals surface area (Å²) in [6, 6.07) is 7.58. The van der Waals surface area contributed by atoms with Crippen LogP contribution in [0.4, 0.5) is 0 Å².